The minimum atomic E-state index is -0.408. The molecule has 0 saturated carbocycles. The van der Waals surface area contributed by atoms with E-state index in [1.807, 2.05) is 30.3 Å². The molecule has 34 heavy (non-hydrogen) atoms. The first-order valence-corrected chi connectivity index (χ1v) is 10.8. The number of carbonyl (C=O) groups is 2. The van der Waals surface area contributed by atoms with E-state index in [1.54, 1.807) is 65.4 Å². The molecule has 0 spiro atoms. The van der Waals surface area contributed by atoms with Gasteiger partial charge in [0, 0.05) is 42.8 Å². The SMILES string of the molecule is Cc1nc(Oc2ccc(NC(=O)C3CC(=O)N(c4ccccc4)C3)cc2)cc(-n2ccnc2)n1. The second-order valence-corrected chi connectivity index (χ2v) is 7.94. The van der Waals surface area contributed by atoms with Crippen molar-refractivity contribution in [3.63, 3.8) is 0 Å². The number of aryl methyl sites for hydroxylation is 1. The topological polar surface area (TPSA) is 102 Å². The summed E-state index contributed by atoms with van der Waals surface area (Å²) in [4.78, 5) is 39.6. The van der Waals surface area contributed by atoms with Crippen LogP contribution in [0.15, 0.2) is 79.4 Å². The molecule has 5 rings (SSSR count). The summed E-state index contributed by atoms with van der Waals surface area (Å²) in [6.07, 6.45) is 5.31. The van der Waals surface area contributed by atoms with Crippen molar-refractivity contribution >= 4 is 23.2 Å². The Morgan fingerprint density at radius 1 is 1.09 bits per heavy atom. The molecule has 1 unspecified atom stereocenters. The first-order chi connectivity index (χ1) is 16.5. The number of aromatic nitrogens is 4. The molecule has 1 aliphatic rings. The first kappa shape index (κ1) is 21.3. The van der Waals surface area contributed by atoms with E-state index < -0.39 is 5.92 Å². The van der Waals surface area contributed by atoms with Gasteiger partial charge in [0.15, 0.2) is 0 Å². The number of hydrogen-bond donors (Lipinski definition) is 1. The number of hydrogen-bond acceptors (Lipinski definition) is 6. The predicted octanol–water partition coefficient (Wildman–Crippen LogP) is 3.75. The molecule has 1 aliphatic heterocycles. The zero-order chi connectivity index (χ0) is 23.5. The molecule has 2 aromatic carbocycles. The van der Waals surface area contributed by atoms with Crippen LogP contribution < -0.4 is 15.0 Å². The average Bonchev–Trinajstić information content (AvgIpc) is 3.51. The van der Waals surface area contributed by atoms with E-state index in [0.29, 0.717) is 35.5 Å². The zero-order valence-corrected chi connectivity index (χ0v) is 18.5. The van der Waals surface area contributed by atoms with Crippen molar-refractivity contribution in [1.82, 2.24) is 19.5 Å². The Labute approximate surface area is 196 Å². The van der Waals surface area contributed by atoms with Gasteiger partial charge in [-0.1, -0.05) is 18.2 Å². The predicted molar refractivity (Wildman–Crippen MR) is 126 cm³/mol. The minimum absolute atomic E-state index is 0.0506. The standard InChI is InChI=1S/C25H22N6O3/c1-17-27-22(30-12-11-26-16-30)14-23(28-17)34-21-9-7-19(8-10-21)29-25(33)18-13-24(32)31(15-18)20-5-3-2-4-6-20/h2-12,14,16,18H,13,15H2,1H3,(H,29,33). The van der Waals surface area contributed by atoms with Crippen LogP contribution in [0.25, 0.3) is 5.82 Å². The van der Waals surface area contributed by atoms with Gasteiger partial charge in [-0.3, -0.25) is 14.2 Å². The molecule has 9 heteroatoms. The summed E-state index contributed by atoms with van der Waals surface area (Å²) in [5.41, 5.74) is 1.43. The normalized spacial score (nSPS) is 15.4. The van der Waals surface area contributed by atoms with E-state index in [2.05, 4.69) is 20.3 Å². The minimum Gasteiger partial charge on any atom is -0.439 e. The van der Waals surface area contributed by atoms with E-state index in [9.17, 15) is 9.59 Å². The van der Waals surface area contributed by atoms with Crippen LogP contribution in [-0.2, 0) is 9.59 Å². The lowest BCUT2D eigenvalue weighted by Gasteiger charge is -2.16. The number of para-hydroxylation sites is 1. The second-order valence-electron chi connectivity index (χ2n) is 7.94. The summed E-state index contributed by atoms with van der Waals surface area (Å²) >= 11 is 0. The number of ether oxygens (including phenoxy) is 1. The Morgan fingerprint density at radius 2 is 1.88 bits per heavy atom. The number of amides is 2. The number of nitrogens with one attached hydrogen (secondary N) is 1. The average molecular weight is 454 g/mol. The van der Waals surface area contributed by atoms with Crippen molar-refractivity contribution in [3.8, 4) is 17.4 Å². The van der Waals surface area contributed by atoms with Gasteiger partial charge in [0.05, 0.1) is 5.92 Å². The van der Waals surface area contributed by atoms with Gasteiger partial charge in [-0.05, 0) is 43.3 Å². The van der Waals surface area contributed by atoms with Gasteiger partial charge >= 0.3 is 0 Å². The van der Waals surface area contributed by atoms with Crippen LogP contribution in [0, 0.1) is 12.8 Å². The second kappa shape index (κ2) is 9.14. The zero-order valence-electron chi connectivity index (χ0n) is 18.5. The van der Waals surface area contributed by atoms with Crippen LogP contribution in [0.4, 0.5) is 11.4 Å². The number of nitrogens with zero attached hydrogens (tertiary/aromatic N) is 5. The van der Waals surface area contributed by atoms with Crippen LogP contribution in [0.5, 0.6) is 11.6 Å². The van der Waals surface area contributed by atoms with Crippen molar-refractivity contribution in [2.45, 2.75) is 13.3 Å². The van der Waals surface area contributed by atoms with Crippen LogP contribution in [0.2, 0.25) is 0 Å². The Kier molecular flexibility index (Phi) is 5.73. The molecular formula is C25H22N6O3. The van der Waals surface area contributed by atoms with Gasteiger partial charge in [-0.2, -0.15) is 4.98 Å². The molecule has 1 saturated heterocycles. The van der Waals surface area contributed by atoms with E-state index in [4.69, 9.17) is 4.74 Å². The van der Waals surface area contributed by atoms with Crippen LogP contribution in [0.1, 0.15) is 12.2 Å². The highest BCUT2D eigenvalue weighted by Gasteiger charge is 2.35. The third-order valence-corrected chi connectivity index (χ3v) is 5.48. The third-order valence-electron chi connectivity index (χ3n) is 5.48. The molecule has 1 fully saturated rings. The van der Waals surface area contributed by atoms with E-state index in [0.717, 1.165) is 5.69 Å². The van der Waals surface area contributed by atoms with Gasteiger partial charge < -0.3 is 15.0 Å². The Hall–Kier alpha value is -4.53. The smallest absolute Gasteiger partial charge is 0.229 e. The van der Waals surface area contributed by atoms with Crippen LogP contribution in [-0.4, -0.2) is 37.9 Å². The Bertz CT molecular complexity index is 1310. The molecule has 170 valence electrons. The summed E-state index contributed by atoms with van der Waals surface area (Å²) in [6.45, 7) is 2.15. The summed E-state index contributed by atoms with van der Waals surface area (Å²) in [6, 6.07) is 18.1. The molecule has 1 atom stereocenters. The van der Waals surface area contributed by atoms with Gasteiger partial charge in [-0.15, -0.1) is 0 Å². The summed E-state index contributed by atoms with van der Waals surface area (Å²) in [5, 5.41) is 2.89. The molecule has 2 aromatic heterocycles. The molecular weight excluding hydrogens is 432 g/mol. The van der Waals surface area contributed by atoms with Crippen LogP contribution >= 0.6 is 0 Å². The largest absolute Gasteiger partial charge is 0.439 e. The molecule has 0 aliphatic carbocycles. The number of imidazole rings is 1. The summed E-state index contributed by atoms with van der Waals surface area (Å²) in [5.74, 6) is 1.55. The Morgan fingerprint density at radius 3 is 2.62 bits per heavy atom. The number of carbonyl (C=O) groups excluding carboxylic acids is 2. The van der Waals surface area contributed by atoms with Crippen LogP contribution in [0.3, 0.4) is 0 Å². The van der Waals surface area contributed by atoms with Gasteiger partial charge in [0.25, 0.3) is 0 Å². The number of anilines is 2. The fourth-order valence-electron chi connectivity index (χ4n) is 3.82. The summed E-state index contributed by atoms with van der Waals surface area (Å²) < 4.78 is 7.66. The van der Waals surface area contributed by atoms with Crippen molar-refractivity contribution < 1.29 is 14.3 Å². The van der Waals surface area contributed by atoms with E-state index in [-0.39, 0.29) is 18.2 Å². The Balaban J connectivity index is 1.22. The molecule has 0 radical (unpaired) electrons. The molecule has 9 nitrogen and oxygen atoms in total. The monoisotopic (exact) mass is 454 g/mol. The van der Waals surface area contributed by atoms with Gasteiger partial charge in [0.2, 0.25) is 17.7 Å². The maximum absolute atomic E-state index is 12.8. The van der Waals surface area contributed by atoms with Crippen molar-refractivity contribution in [3.05, 3.63) is 85.2 Å². The molecule has 0 bridgehead atoms. The lowest BCUT2D eigenvalue weighted by Crippen LogP contribution is -2.28. The fourth-order valence-corrected chi connectivity index (χ4v) is 3.82. The van der Waals surface area contributed by atoms with Crippen molar-refractivity contribution in [2.75, 3.05) is 16.8 Å². The maximum atomic E-state index is 12.8. The maximum Gasteiger partial charge on any atom is 0.229 e. The fraction of sp³-hybridized carbons (Fsp3) is 0.160. The van der Waals surface area contributed by atoms with Gasteiger partial charge in [0.1, 0.15) is 23.7 Å². The van der Waals surface area contributed by atoms with Crippen molar-refractivity contribution in [2.24, 2.45) is 5.92 Å². The summed E-state index contributed by atoms with van der Waals surface area (Å²) in [7, 11) is 0. The molecule has 3 heterocycles. The number of rotatable bonds is 6. The van der Waals surface area contributed by atoms with E-state index in [1.165, 1.54) is 0 Å². The highest BCUT2D eigenvalue weighted by molar-refractivity contribution is 6.03. The van der Waals surface area contributed by atoms with Crippen molar-refractivity contribution in [1.29, 1.82) is 0 Å². The molecule has 1 N–H and O–H groups in total. The lowest BCUT2D eigenvalue weighted by atomic mass is 10.1. The molecule has 4 aromatic rings. The quantitative estimate of drug-likeness (QED) is 0.476. The highest BCUT2D eigenvalue weighted by Crippen LogP contribution is 2.27. The van der Waals surface area contributed by atoms with Gasteiger partial charge in [-0.25, -0.2) is 9.97 Å². The number of benzene rings is 2. The van der Waals surface area contributed by atoms with E-state index >= 15 is 0 Å². The third kappa shape index (κ3) is 4.63. The highest BCUT2D eigenvalue weighted by atomic mass is 16.5. The lowest BCUT2D eigenvalue weighted by molar-refractivity contribution is -0.122. The first-order valence-electron chi connectivity index (χ1n) is 10.8. The molecule has 2 amide bonds.